The van der Waals surface area contributed by atoms with Crippen LogP contribution >= 0.6 is 47.0 Å². The van der Waals surface area contributed by atoms with Crippen molar-refractivity contribution in [3.63, 3.8) is 0 Å². The number of hydrogen-bond donors (Lipinski definition) is 1. The van der Waals surface area contributed by atoms with Crippen molar-refractivity contribution in [1.82, 2.24) is 5.32 Å². The molecule has 0 spiro atoms. The standard InChI is InChI=1S/C17H4N6S4/c18-1-7(2-19)16-24-12-9(5-22)13-15(11(10-6-23-10)14(12)26-16)27-17(25-13)8(3-20)4-21/h10,23H,6H2. The Labute approximate surface area is 171 Å². The molecule has 1 atom stereocenters. The number of rotatable bonds is 1. The largest absolute Gasteiger partial charge is 0.307 e. The Balaban J connectivity index is 1.96. The van der Waals surface area contributed by atoms with E-state index in [2.05, 4.69) is 11.4 Å². The molecule has 0 amide bonds. The van der Waals surface area contributed by atoms with Gasteiger partial charge in [-0.3, -0.25) is 0 Å². The predicted molar refractivity (Wildman–Crippen MR) is 102 cm³/mol. The number of nitrogens with zero attached hydrogens (tertiary/aromatic N) is 5. The van der Waals surface area contributed by atoms with Gasteiger partial charge in [-0.05, 0) is 0 Å². The van der Waals surface area contributed by atoms with Crippen LogP contribution in [0.3, 0.4) is 0 Å². The van der Waals surface area contributed by atoms with E-state index >= 15 is 0 Å². The minimum Gasteiger partial charge on any atom is -0.307 e. The zero-order valence-electron chi connectivity index (χ0n) is 13.2. The minimum atomic E-state index is 0.0390. The molecule has 6 nitrogen and oxygen atoms in total. The Hall–Kier alpha value is -2.49. The van der Waals surface area contributed by atoms with Crippen LogP contribution in [0.4, 0.5) is 0 Å². The second kappa shape index (κ2) is 6.91. The van der Waals surface area contributed by atoms with E-state index in [0.29, 0.717) is 14.0 Å². The average molecular weight is 421 g/mol. The summed E-state index contributed by atoms with van der Waals surface area (Å²) < 4.78 is 1.16. The smallest absolute Gasteiger partial charge is 0.150 e. The molecule has 1 N–H and O–H groups in total. The van der Waals surface area contributed by atoms with E-state index in [4.69, 9.17) is 0 Å². The molecule has 126 valence electrons. The van der Waals surface area contributed by atoms with E-state index in [1.54, 1.807) is 0 Å². The van der Waals surface area contributed by atoms with E-state index in [1.165, 1.54) is 47.0 Å². The monoisotopic (exact) mass is 420 g/mol. The normalized spacial score (nSPS) is 18.3. The number of hydrogen-bond acceptors (Lipinski definition) is 10. The highest BCUT2D eigenvalue weighted by Gasteiger charge is 2.41. The highest BCUT2D eigenvalue weighted by Crippen LogP contribution is 2.64. The summed E-state index contributed by atoms with van der Waals surface area (Å²) in [5, 5.41) is 49.8. The van der Waals surface area contributed by atoms with Gasteiger partial charge in [0.2, 0.25) is 0 Å². The van der Waals surface area contributed by atoms with E-state index in [-0.39, 0.29) is 17.2 Å². The maximum Gasteiger partial charge on any atom is 0.150 e. The molecule has 3 aliphatic rings. The second-order valence-electron chi connectivity index (χ2n) is 5.36. The molecule has 10 heteroatoms. The molecule has 3 aliphatic heterocycles. The van der Waals surface area contributed by atoms with Gasteiger partial charge >= 0.3 is 0 Å². The van der Waals surface area contributed by atoms with Crippen LogP contribution in [-0.4, -0.2) is 6.54 Å². The third kappa shape index (κ3) is 2.78. The quantitative estimate of drug-likeness (QED) is 0.521. The first kappa shape index (κ1) is 17.9. The molecule has 0 bridgehead atoms. The first-order valence-corrected chi connectivity index (χ1v) is 10.6. The lowest BCUT2D eigenvalue weighted by atomic mass is 10.1. The maximum atomic E-state index is 9.79. The molecule has 0 aliphatic carbocycles. The summed E-state index contributed by atoms with van der Waals surface area (Å²) in [5.74, 6) is 0. The zero-order chi connectivity index (χ0) is 19.1. The number of nitrogens with one attached hydrogen (secondary N) is 1. The van der Waals surface area contributed by atoms with Crippen molar-refractivity contribution in [2.24, 2.45) is 0 Å². The van der Waals surface area contributed by atoms with Gasteiger partial charge in [0.05, 0.1) is 14.0 Å². The summed E-state index contributed by atoms with van der Waals surface area (Å²) in [7, 11) is 0. The molecule has 1 aromatic carbocycles. The van der Waals surface area contributed by atoms with Crippen molar-refractivity contribution in [3.8, 4) is 30.3 Å². The minimum absolute atomic E-state index is 0.0390. The van der Waals surface area contributed by atoms with Gasteiger partial charge in [0.25, 0.3) is 0 Å². The number of thioether (sulfide) groups is 4. The third-order valence-electron chi connectivity index (χ3n) is 3.86. The van der Waals surface area contributed by atoms with Gasteiger partial charge in [0, 0.05) is 37.7 Å². The lowest BCUT2D eigenvalue weighted by molar-refractivity contribution is 0.912. The highest BCUT2D eigenvalue weighted by molar-refractivity contribution is 8.25. The second-order valence-corrected chi connectivity index (χ2v) is 9.96. The van der Waals surface area contributed by atoms with E-state index in [0.717, 1.165) is 31.7 Å². The molecule has 1 saturated heterocycles. The van der Waals surface area contributed by atoms with E-state index < -0.39 is 0 Å². The van der Waals surface area contributed by atoms with Crippen LogP contribution in [0, 0.1) is 56.7 Å². The molecular weight excluding hydrogens is 416 g/mol. The number of nitriles is 5. The first-order valence-electron chi connectivity index (χ1n) is 7.34. The number of allylic oxidation sites excluding steroid dienone is 2. The Morgan fingerprint density at radius 3 is 1.48 bits per heavy atom. The molecule has 1 unspecified atom stereocenters. The number of benzene rings is 1. The lowest BCUT2D eigenvalue weighted by Gasteiger charge is -2.12. The first-order chi connectivity index (χ1) is 13.2. The summed E-state index contributed by atoms with van der Waals surface area (Å²) in [6, 6.07) is 10.0. The summed E-state index contributed by atoms with van der Waals surface area (Å²) in [4.78, 5) is 3.25. The molecule has 1 fully saturated rings. The summed E-state index contributed by atoms with van der Waals surface area (Å²) in [6.45, 7) is 0.798. The molecule has 1 aromatic rings. The van der Waals surface area contributed by atoms with Crippen LogP contribution in [0.15, 0.2) is 39.2 Å². The fourth-order valence-electron chi connectivity index (χ4n) is 2.61. The van der Waals surface area contributed by atoms with E-state index in [9.17, 15) is 26.3 Å². The molecule has 0 aromatic heterocycles. The van der Waals surface area contributed by atoms with Crippen molar-refractivity contribution in [3.05, 3.63) is 30.7 Å². The molecule has 0 radical (unpaired) electrons. The molecular formula is C17H4N6S4. The van der Waals surface area contributed by atoms with Crippen molar-refractivity contribution in [2.45, 2.75) is 25.6 Å². The van der Waals surface area contributed by atoms with Crippen molar-refractivity contribution in [2.75, 3.05) is 6.54 Å². The SMILES string of the molecule is N#CC(C#N)=C1Sc2c(C#N)c3c(c(C4CN4)c2S1)SC(=C(C#N)C#N)S3. The Bertz CT molecular complexity index is 1080. The fraction of sp³-hybridized carbons (Fsp3) is 0.118. The molecule has 27 heavy (non-hydrogen) atoms. The summed E-state index contributed by atoms with van der Waals surface area (Å²) >= 11 is 5.23. The summed E-state index contributed by atoms with van der Waals surface area (Å²) in [5.41, 5.74) is 1.56. The fourth-order valence-corrected chi connectivity index (χ4v) is 8.09. The van der Waals surface area contributed by atoms with Gasteiger partial charge in [0.15, 0.2) is 0 Å². The van der Waals surface area contributed by atoms with Crippen LogP contribution in [0.2, 0.25) is 0 Å². The van der Waals surface area contributed by atoms with Gasteiger partial charge < -0.3 is 5.32 Å². The van der Waals surface area contributed by atoms with Crippen molar-refractivity contribution < 1.29 is 0 Å². The van der Waals surface area contributed by atoms with Gasteiger partial charge in [-0.25, -0.2) is 0 Å². The molecule has 4 rings (SSSR count). The highest BCUT2D eigenvalue weighted by atomic mass is 32.2. The Morgan fingerprint density at radius 1 is 0.741 bits per heavy atom. The topological polar surface area (TPSA) is 141 Å². The zero-order valence-corrected chi connectivity index (χ0v) is 16.4. The van der Waals surface area contributed by atoms with Crippen LogP contribution < -0.4 is 5.32 Å². The summed E-state index contributed by atoms with van der Waals surface area (Å²) in [6.07, 6.45) is 0. The third-order valence-corrected chi connectivity index (χ3v) is 9.16. The van der Waals surface area contributed by atoms with Crippen molar-refractivity contribution in [1.29, 1.82) is 26.3 Å². The van der Waals surface area contributed by atoms with Crippen LogP contribution in [0.25, 0.3) is 0 Å². The van der Waals surface area contributed by atoms with Gasteiger partial charge in [-0.15, -0.1) is 0 Å². The van der Waals surface area contributed by atoms with Gasteiger partial charge in [-0.2, -0.15) is 26.3 Å². The van der Waals surface area contributed by atoms with Crippen LogP contribution in [-0.2, 0) is 0 Å². The number of fused-ring (bicyclic) bond motifs is 2. The predicted octanol–water partition coefficient (Wildman–Crippen LogP) is 4.12. The van der Waals surface area contributed by atoms with Crippen molar-refractivity contribution >= 4 is 47.0 Å². The molecule has 0 saturated carbocycles. The Morgan fingerprint density at radius 2 is 1.15 bits per heavy atom. The van der Waals surface area contributed by atoms with E-state index in [1.807, 2.05) is 24.3 Å². The average Bonchev–Trinajstić information content (AvgIpc) is 3.28. The van der Waals surface area contributed by atoms with Crippen LogP contribution in [0.1, 0.15) is 17.2 Å². The van der Waals surface area contributed by atoms with Gasteiger partial charge in [0.1, 0.15) is 41.5 Å². The Kier molecular flexibility index (Phi) is 4.58. The maximum absolute atomic E-state index is 9.79. The van der Waals surface area contributed by atoms with Gasteiger partial charge in [-0.1, -0.05) is 47.0 Å². The lowest BCUT2D eigenvalue weighted by Crippen LogP contribution is -1.96. The molecule has 3 heterocycles. The van der Waals surface area contributed by atoms with Crippen LogP contribution in [0.5, 0.6) is 0 Å².